The predicted octanol–water partition coefficient (Wildman–Crippen LogP) is 3.76. The van der Waals surface area contributed by atoms with E-state index in [1.165, 1.54) is 0 Å². The normalized spacial score (nSPS) is 11.8. The first-order valence-electron chi connectivity index (χ1n) is 6.74. The highest BCUT2D eigenvalue weighted by molar-refractivity contribution is 5.52. The number of nitriles is 1. The molecule has 4 heteroatoms. The third-order valence-corrected chi connectivity index (χ3v) is 3.26. The van der Waals surface area contributed by atoms with Crippen LogP contribution in [0, 0.1) is 17.2 Å². The maximum Gasteiger partial charge on any atom is 0.129 e. The van der Waals surface area contributed by atoms with E-state index in [2.05, 4.69) is 19.9 Å². The fraction of sp³-hybridized carbons (Fsp3) is 0.562. The Kier molecular flexibility index (Phi) is 6.17. The maximum absolute atomic E-state index is 9.08. The number of benzene rings is 1. The van der Waals surface area contributed by atoms with Crippen LogP contribution in [0.2, 0.25) is 0 Å². The topological polar surface area (TPSA) is 51.5 Å². The van der Waals surface area contributed by atoms with E-state index in [0.29, 0.717) is 29.6 Å². The van der Waals surface area contributed by atoms with Gasteiger partial charge >= 0.3 is 0 Å². The van der Waals surface area contributed by atoms with Gasteiger partial charge in [0.05, 0.1) is 27.4 Å². The third kappa shape index (κ3) is 3.80. The van der Waals surface area contributed by atoms with Gasteiger partial charge in [0, 0.05) is 30.0 Å². The average molecular weight is 277 g/mol. The zero-order valence-electron chi connectivity index (χ0n) is 12.9. The summed E-state index contributed by atoms with van der Waals surface area (Å²) in [7, 11) is 4.85. The molecular weight excluding hydrogens is 254 g/mol. The molecule has 0 heterocycles. The van der Waals surface area contributed by atoms with Gasteiger partial charge < -0.3 is 14.2 Å². The van der Waals surface area contributed by atoms with E-state index in [-0.39, 0.29) is 5.92 Å². The highest BCUT2D eigenvalue weighted by Crippen LogP contribution is 2.42. The van der Waals surface area contributed by atoms with Gasteiger partial charge in [0.1, 0.15) is 17.2 Å². The van der Waals surface area contributed by atoms with Gasteiger partial charge in [0.25, 0.3) is 0 Å². The standard InChI is InChI=1S/C16H23NO3/c1-11(2)8-12(6-7-17)16-14(19-4)9-13(18-3)10-15(16)20-5/h9-12H,6,8H2,1-5H3/t12-/m1/s1. The van der Waals surface area contributed by atoms with Crippen molar-refractivity contribution in [3.05, 3.63) is 17.7 Å². The molecule has 0 bridgehead atoms. The van der Waals surface area contributed by atoms with Crippen LogP contribution in [-0.4, -0.2) is 21.3 Å². The van der Waals surface area contributed by atoms with Crippen LogP contribution < -0.4 is 14.2 Å². The Morgan fingerprint density at radius 2 is 1.60 bits per heavy atom. The monoisotopic (exact) mass is 277 g/mol. The van der Waals surface area contributed by atoms with Crippen LogP contribution in [-0.2, 0) is 0 Å². The highest BCUT2D eigenvalue weighted by Gasteiger charge is 2.23. The van der Waals surface area contributed by atoms with Crippen molar-refractivity contribution < 1.29 is 14.2 Å². The van der Waals surface area contributed by atoms with Gasteiger partial charge in [-0.15, -0.1) is 0 Å². The summed E-state index contributed by atoms with van der Waals surface area (Å²) in [4.78, 5) is 0. The first-order valence-corrected chi connectivity index (χ1v) is 6.74. The second-order valence-corrected chi connectivity index (χ2v) is 5.13. The Hall–Kier alpha value is -1.89. The van der Waals surface area contributed by atoms with Crippen LogP contribution in [0.25, 0.3) is 0 Å². The molecule has 0 aliphatic rings. The van der Waals surface area contributed by atoms with Gasteiger partial charge in [0.2, 0.25) is 0 Å². The SMILES string of the molecule is COc1cc(OC)c([C@H](CC#N)CC(C)C)c(OC)c1. The summed E-state index contributed by atoms with van der Waals surface area (Å²) in [5.74, 6) is 2.69. The van der Waals surface area contributed by atoms with Crippen LogP contribution in [0.5, 0.6) is 17.2 Å². The molecule has 20 heavy (non-hydrogen) atoms. The van der Waals surface area contributed by atoms with E-state index in [1.54, 1.807) is 21.3 Å². The van der Waals surface area contributed by atoms with E-state index >= 15 is 0 Å². The lowest BCUT2D eigenvalue weighted by Crippen LogP contribution is -2.07. The molecule has 0 aliphatic heterocycles. The summed E-state index contributed by atoms with van der Waals surface area (Å²) in [5.41, 5.74) is 0.950. The highest BCUT2D eigenvalue weighted by atomic mass is 16.5. The molecule has 0 unspecified atom stereocenters. The number of methoxy groups -OCH3 is 3. The molecule has 0 amide bonds. The minimum atomic E-state index is 0.0933. The van der Waals surface area contributed by atoms with Crippen LogP contribution >= 0.6 is 0 Å². The number of hydrogen-bond donors (Lipinski definition) is 0. The Balaban J connectivity index is 3.33. The van der Waals surface area contributed by atoms with E-state index in [4.69, 9.17) is 19.5 Å². The first-order chi connectivity index (χ1) is 9.57. The minimum absolute atomic E-state index is 0.0933. The van der Waals surface area contributed by atoms with Gasteiger partial charge in [-0.05, 0) is 12.3 Å². The molecule has 1 aromatic rings. The zero-order valence-corrected chi connectivity index (χ0v) is 12.9. The summed E-state index contributed by atoms with van der Waals surface area (Å²) in [6.07, 6.45) is 1.35. The molecule has 0 aromatic heterocycles. The molecule has 1 aromatic carbocycles. The van der Waals surface area contributed by atoms with Gasteiger partial charge in [-0.25, -0.2) is 0 Å². The molecule has 0 radical (unpaired) electrons. The van der Waals surface area contributed by atoms with E-state index in [0.717, 1.165) is 12.0 Å². The van der Waals surface area contributed by atoms with Crippen molar-refractivity contribution in [3.8, 4) is 23.3 Å². The van der Waals surface area contributed by atoms with E-state index in [1.807, 2.05) is 12.1 Å². The lowest BCUT2D eigenvalue weighted by atomic mass is 9.87. The molecule has 0 saturated carbocycles. The van der Waals surface area contributed by atoms with Crippen molar-refractivity contribution in [2.45, 2.75) is 32.6 Å². The van der Waals surface area contributed by atoms with Crippen molar-refractivity contribution in [3.63, 3.8) is 0 Å². The number of rotatable bonds is 7. The molecule has 0 saturated heterocycles. The average Bonchev–Trinajstić information content (AvgIpc) is 2.44. The van der Waals surface area contributed by atoms with Crippen LogP contribution in [0.3, 0.4) is 0 Å². The van der Waals surface area contributed by atoms with Crippen molar-refractivity contribution in [1.82, 2.24) is 0 Å². The minimum Gasteiger partial charge on any atom is -0.496 e. The van der Waals surface area contributed by atoms with Crippen LogP contribution in [0.15, 0.2) is 12.1 Å². The number of ether oxygens (including phenoxy) is 3. The lowest BCUT2D eigenvalue weighted by Gasteiger charge is -2.22. The molecule has 0 N–H and O–H groups in total. The van der Waals surface area contributed by atoms with Gasteiger partial charge in [0.15, 0.2) is 0 Å². The molecule has 4 nitrogen and oxygen atoms in total. The fourth-order valence-corrected chi connectivity index (χ4v) is 2.42. The van der Waals surface area contributed by atoms with Gasteiger partial charge in [-0.2, -0.15) is 5.26 Å². The van der Waals surface area contributed by atoms with Crippen molar-refractivity contribution in [1.29, 1.82) is 5.26 Å². The van der Waals surface area contributed by atoms with Crippen LogP contribution in [0.4, 0.5) is 0 Å². The second-order valence-electron chi connectivity index (χ2n) is 5.13. The quantitative estimate of drug-likeness (QED) is 0.761. The number of nitrogens with zero attached hydrogens (tertiary/aromatic N) is 1. The summed E-state index contributed by atoms with van der Waals surface area (Å²) >= 11 is 0. The summed E-state index contributed by atoms with van der Waals surface area (Å²) in [6, 6.07) is 5.93. The Labute approximate surface area is 121 Å². The molecule has 0 aliphatic carbocycles. The largest absolute Gasteiger partial charge is 0.496 e. The summed E-state index contributed by atoms with van der Waals surface area (Å²) < 4.78 is 16.2. The first kappa shape index (κ1) is 16.2. The van der Waals surface area contributed by atoms with Gasteiger partial charge in [-0.3, -0.25) is 0 Å². The molecule has 110 valence electrons. The van der Waals surface area contributed by atoms with Gasteiger partial charge in [-0.1, -0.05) is 13.8 Å². The third-order valence-electron chi connectivity index (χ3n) is 3.26. The Morgan fingerprint density at radius 1 is 1.05 bits per heavy atom. The van der Waals surface area contributed by atoms with Crippen molar-refractivity contribution in [2.24, 2.45) is 5.92 Å². The smallest absolute Gasteiger partial charge is 0.129 e. The van der Waals surface area contributed by atoms with Crippen molar-refractivity contribution >= 4 is 0 Å². The second kappa shape index (κ2) is 7.64. The maximum atomic E-state index is 9.08. The van der Waals surface area contributed by atoms with E-state index in [9.17, 15) is 0 Å². The Morgan fingerprint density at radius 3 is 1.95 bits per heavy atom. The molecule has 1 rings (SSSR count). The molecule has 0 spiro atoms. The summed E-state index contributed by atoms with van der Waals surface area (Å²) in [5, 5.41) is 9.08. The Bertz CT molecular complexity index is 452. The molecular formula is C16H23NO3. The molecule has 0 fully saturated rings. The fourth-order valence-electron chi connectivity index (χ4n) is 2.42. The van der Waals surface area contributed by atoms with E-state index < -0.39 is 0 Å². The molecule has 1 atom stereocenters. The summed E-state index contributed by atoms with van der Waals surface area (Å²) in [6.45, 7) is 4.29. The van der Waals surface area contributed by atoms with Crippen molar-refractivity contribution in [2.75, 3.05) is 21.3 Å². The predicted molar refractivity (Wildman–Crippen MR) is 78.5 cm³/mol. The zero-order chi connectivity index (χ0) is 15.1. The number of hydrogen-bond acceptors (Lipinski definition) is 4. The lowest BCUT2D eigenvalue weighted by molar-refractivity contribution is 0.358. The van der Waals surface area contributed by atoms with Crippen LogP contribution in [0.1, 0.15) is 38.2 Å².